The third-order valence-corrected chi connectivity index (χ3v) is 5.37. The summed E-state index contributed by atoms with van der Waals surface area (Å²) in [6.45, 7) is 4.35. The minimum absolute atomic E-state index is 0.0177. The Balaban J connectivity index is 1.61. The number of nitrogens with zero attached hydrogens (tertiary/aromatic N) is 2. The van der Waals surface area contributed by atoms with Gasteiger partial charge in [0.15, 0.2) is 0 Å². The predicted molar refractivity (Wildman–Crippen MR) is 115 cm³/mol. The van der Waals surface area contributed by atoms with Crippen LogP contribution in [0.3, 0.4) is 0 Å². The van der Waals surface area contributed by atoms with E-state index in [0.717, 1.165) is 37.2 Å². The molecule has 3 rings (SSSR count). The van der Waals surface area contributed by atoms with Gasteiger partial charge in [0, 0.05) is 26.1 Å². The van der Waals surface area contributed by atoms with Crippen molar-refractivity contribution in [2.45, 2.75) is 51.7 Å². The summed E-state index contributed by atoms with van der Waals surface area (Å²) in [4.78, 5) is 29.5. The molecule has 6 heteroatoms. The first-order chi connectivity index (χ1) is 14.7. The van der Waals surface area contributed by atoms with Crippen molar-refractivity contribution in [2.24, 2.45) is 0 Å². The highest BCUT2D eigenvalue weighted by molar-refractivity contribution is 5.85. The number of hydrogen-bond donors (Lipinski definition) is 0. The van der Waals surface area contributed by atoms with Crippen LogP contribution in [0.5, 0.6) is 0 Å². The molecule has 162 valence electrons. The van der Waals surface area contributed by atoms with E-state index in [2.05, 4.69) is 0 Å². The van der Waals surface area contributed by atoms with Crippen LogP contribution < -0.4 is 0 Å². The summed E-state index contributed by atoms with van der Waals surface area (Å²) in [5.74, 6) is 0.686. The normalized spacial score (nSPS) is 15.8. The number of carbonyl (C=O) groups excluding carboxylic acids is 2. The second kappa shape index (κ2) is 11.6. The fourth-order valence-electron chi connectivity index (χ4n) is 3.76. The highest BCUT2D eigenvalue weighted by atomic mass is 16.5. The summed E-state index contributed by atoms with van der Waals surface area (Å²) in [6, 6.07) is 13.7. The van der Waals surface area contributed by atoms with Gasteiger partial charge in [0.25, 0.3) is 0 Å². The molecule has 2 heterocycles. The van der Waals surface area contributed by atoms with Crippen molar-refractivity contribution in [3.05, 3.63) is 60.1 Å². The molecule has 1 aliphatic rings. The molecule has 0 spiro atoms. The van der Waals surface area contributed by atoms with Gasteiger partial charge in [-0.2, -0.15) is 0 Å². The number of amides is 2. The Kier molecular flexibility index (Phi) is 8.51. The summed E-state index contributed by atoms with van der Waals surface area (Å²) in [5, 5.41) is 0. The highest BCUT2D eigenvalue weighted by Gasteiger charge is 2.26. The van der Waals surface area contributed by atoms with Gasteiger partial charge in [0.1, 0.15) is 5.76 Å². The topological polar surface area (TPSA) is 63.0 Å². The summed E-state index contributed by atoms with van der Waals surface area (Å²) in [6.07, 6.45) is 5.54. The number of rotatable bonds is 11. The first kappa shape index (κ1) is 22.1. The Hall–Kier alpha value is -2.60. The maximum atomic E-state index is 13.2. The van der Waals surface area contributed by atoms with E-state index in [1.807, 2.05) is 49.4 Å². The quantitative estimate of drug-likeness (QED) is 0.565. The highest BCUT2D eigenvalue weighted by Crippen LogP contribution is 2.16. The maximum absolute atomic E-state index is 13.2. The monoisotopic (exact) mass is 412 g/mol. The Morgan fingerprint density at radius 2 is 1.90 bits per heavy atom. The molecule has 1 aliphatic heterocycles. The largest absolute Gasteiger partial charge is 0.467 e. The lowest BCUT2D eigenvalue weighted by atomic mass is 10.1. The summed E-state index contributed by atoms with van der Waals surface area (Å²) in [7, 11) is 0. The van der Waals surface area contributed by atoms with Gasteiger partial charge >= 0.3 is 0 Å². The Morgan fingerprint density at radius 1 is 1.07 bits per heavy atom. The predicted octanol–water partition coefficient (Wildman–Crippen LogP) is 3.66. The minimum atomic E-state index is -0.0663. The zero-order valence-corrected chi connectivity index (χ0v) is 17.8. The molecule has 0 N–H and O–H groups in total. The van der Waals surface area contributed by atoms with Gasteiger partial charge in [-0.3, -0.25) is 9.59 Å². The number of aryl methyl sites for hydroxylation is 1. The molecule has 1 fully saturated rings. The SMILES string of the molecule is CCCN(CC(=O)N(Cc1ccco1)C[C@H]1CCCO1)C(=O)CCc1ccccc1. The minimum Gasteiger partial charge on any atom is -0.467 e. The van der Waals surface area contributed by atoms with Crippen LogP contribution in [-0.2, 0) is 27.3 Å². The first-order valence-electron chi connectivity index (χ1n) is 10.9. The average Bonchev–Trinajstić information content (AvgIpc) is 3.46. The number of carbonyl (C=O) groups is 2. The fourth-order valence-corrected chi connectivity index (χ4v) is 3.76. The number of hydrogen-bond acceptors (Lipinski definition) is 4. The lowest BCUT2D eigenvalue weighted by molar-refractivity contribution is -0.142. The third-order valence-electron chi connectivity index (χ3n) is 5.37. The molecule has 2 amide bonds. The average molecular weight is 413 g/mol. The molecule has 0 aliphatic carbocycles. The lowest BCUT2D eigenvalue weighted by Crippen LogP contribution is -2.45. The van der Waals surface area contributed by atoms with E-state index in [1.165, 1.54) is 0 Å². The smallest absolute Gasteiger partial charge is 0.242 e. The second-order valence-corrected chi connectivity index (χ2v) is 7.79. The van der Waals surface area contributed by atoms with Crippen LogP contribution in [0.25, 0.3) is 0 Å². The molecule has 0 unspecified atom stereocenters. The van der Waals surface area contributed by atoms with E-state index in [-0.39, 0.29) is 24.5 Å². The Bertz CT molecular complexity index is 770. The zero-order valence-electron chi connectivity index (χ0n) is 17.8. The fraction of sp³-hybridized carbons (Fsp3) is 0.500. The molecule has 0 radical (unpaired) electrons. The van der Waals surface area contributed by atoms with Gasteiger partial charge < -0.3 is 19.0 Å². The van der Waals surface area contributed by atoms with Crippen LogP contribution in [0.15, 0.2) is 53.1 Å². The lowest BCUT2D eigenvalue weighted by Gasteiger charge is -2.28. The molecule has 1 saturated heterocycles. The van der Waals surface area contributed by atoms with Crippen molar-refractivity contribution in [3.63, 3.8) is 0 Å². The van der Waals surface area contributed by atoms with Gasteiger partial charge in [-0.05, 0) is 43.4 Å². The van der Waals surface area contributed by atoms with Crippen LogP contribution in [-0.4, -0.2) is 54.0 Å². The van der Waals surface area contributed by atoms with Crippen LogP contribution in [0.4, 0.5) is 0 Å². The molecule has 0 saturated carbocycles. The summed E-state index contributed by atoms with van der Waals surface area (Å²) < 4.78 is 11.2. The standard InChI is InChI=1S/C24H32N2O4/c1-2-14-25(23(27)13-12-20-8-4-3-5-9-20)19-24(28)26(17-21-10-6-15-29-21)18-22-11-7-16-30-22/h3-6,8-10,15,22H,2,7,11-14,16-19H2,1H3/t22-/m1/s1. The van der Waals surface area contributed by atoms with Crippen LogP contribution in [0.2, 0.25) is 0 Å². The molecular formula is C24H32N2O4. The molecular weight excluding hydrogens is 380 g/mol. The Morgan fingerprint density at radius 3 is 2.57 bits per heavy atom. The summed E-state index contributed by atoms with van der Waals surface area (Å²) >= 11 is 0. The molecule has 1 aromatic heterocycles. The molecule has 1 aromatic carbocycles. The number of benzene rings is 1. The number of furan rings is 1. The van der Waals surface area contributed by atoms with Crippen molar-refractivity contribution in [1.29, 1.82) is 0 Å². The van der Waals surface area contributed by atoms with Gasteiger partial charge in [0.2, 0.25) is 11.8 Å². The first-order valence-corrected chi connectivity index (χ1v) is 10.9. The van der Waals surface area contributed by atoms with Gasteiger partial charge in [-0.15, -0.1) is 0 Å². The summed E-state index contributed by atoms with van der Waals surface area (Å²) in [5.41, 5.74) is 1.13. The van der Waals surface area contributed by atoms with Gasteiger partial charge in [0.05, 0.1) is 25.5 Å². The number of ether oxygens (including phenoxy) is 1. The third kappa shape index (κ3) is 6.73. The van der Waals surface area contributed by atoms with Crippen molar-refractivity contribution in [2.75, 3.05) is 26.2 Å². The van der Waals surface area contributed by atoms with Crippen LogP contribution in [0.1, 0.15) is 43.9 Å². The van der Waals surface area contributed by atoms with Crippen LogP contribution in [0, 0.1) is 0 Å². The maximum Gasteiger partial charge on any atom is 0.242 e. The van der Waals surface area contributed by atoms with E-state index < -0.39 is 0 Å². The van der Waals surface area contributed by atoms with Crippen molar-refractivity contribution in [3.8, 4) is 0 Å². The van der Waals surface area contributed by atoms with Crippen molar-refractivity contribution < 1.29 is 18.7 Å². The van der Waals surface area contributed by atoms with Crippen molar-refractivity contribution in [1.82, 2.24) is 9.80 Å². The van der Waals surface area contributed by atoms with Gasteiger partial charge in [-0.25, -0.2) is 0 Å². The van der Waals surface area contributed by atoms with Crippen molar-refractivity contribution >= 4 is 11.8 Å². The molecule has 6 nitrogen and oxygen atoms in total. The van der Waals surface area contributed by atoms with E-state index in [9.17, 15) is 9.59 Å². The van der Waals surface area contributed by atoms with Crippen LogP contribution >= 0.6 is 0 Å². The Labute approximate surface area is 178 Å². The van der Waals surface area contributed by atoms with E-state index in [4.69, 9.17) is 9.15 Å². The second-order valence-electron chi connectivity index (χ2n) is 7.79. The molecule has 30 heavy (non-hydrogen) atoms. The van der Waals surface area contributed by atoms with E-state index in [0.29, 0.717) is 32.5 Å². The van der Waals surface area contributed by atoms with E-state index in [1.54, 1.807) is 16.1 Å². The molecule has 1 atom stereocenters. The molecule has 2 aromatic rings. The van der Waals surface area contributed by atoms with E-state index >= 15 is 0 Å². The zero-order chi connectivity index (χ0) is 21.2. The van der Waals surface area contributed by atoms with Gasteiger partial charge in [-0.1, -0.05) is 37.3 Å². The molecule has 0 bridgehead atoms.